The molecule has 5 heteroatoms. The average molecular weight is 362 g/mol. The van der Waals surface area contributed by atoms with Gasteiger partial charge in [-0.3, -0.25) is 9.59 Å². The molecule has 1 heterocycles. The fourth-order valence-electron chi connectivity index (χ4n) is 3.11. The Bertz CT molecular complexity index is 997. The van der Waals surface area contributed by atoms with Crippen molar-refractivity contribution in [2.75, 3.05) is 10.6 Å². The van der Waals surface area contributed by atoms with Crippen LogP contribution in [0.1, 0.15) is 6.92 Å². The molecule has 0 aliphatic carbocycles. The van der Waals surface area contributed by atoms with Crippen LogP contribution in [-0.2, 0) is 9.59 Å². The highest BCUT2D eigenvalue weighted by molar-refractivity contribution is 8.01. The van der Waals surface area contributed by atoms with Gasteiger partial charge in [-0.2, -0.15) is 0 Å². The lowest BCUT2D eigenvalue weighted by atomic mass is 10.0. The van der Waals surface area contributed by atoms with Crippen molar-refractivity contribution in [2.24, 2.45) is 5.92 Å². The normalized spacial score (nSPS) is 17.3. The molecule has 4 rings (SSSR count). The minimum Gasteiger partial charge on any atom is -0.325 e. The van der Waals surface area contributed by atoms with Crippen molar-refractivity contribution in [3.05, 3.63) is 66.7 Å². The van der Waals surface area contributed by atoms with Gasteiger partial charge in [-0.25, -0.2) is 0 Å². The number of benzene rings is 3. The predicted molar refractivity (Wildman–Crippen MR) is 106 cm³/mol. The van der Waals surface area contributed by atoms with Crippen molar-refractivity contribution in [1.29, 1.82) is 0 Å². The quantitative estimate of drug-likeness (QED) is 0.720. The number of carbonyl (C=O) groups is 2. The first-order valence-corrected chi connectivity index (χ1v) is 9.36. The third-order valence-electron chi connectivity index (χ3n) is 4.57. The number of fused-ring (bicyclic) bond motifs is 2. The molecular weight excluding hydrogens is 344 g/mol. The molecule has 0 spiro atoms. The molecular formula is C21H18N2O2S. The van der Waals surface area contributed by atoms with Crippen molar-refractivity contribution < 1.29 is 9.59 Å². The number of nitrogens with one attached hydrogen (secondary N) is 2. The van der Waals surface area contributed by atoms with E-state index in [1.807, 2.05) is 66.7 Å². The lowest BCUT2D eigenvalue weighted by Gasteiger charge is -2.27. The van der Waals surface area contributed by atoms with E-state index < -0.39 is 11.2 Å². The van der Waals surface area contributed by atoms with Gasteiger partial charge in [0.2, 0.25) is 11.8 Å². The smallest absolute Gasteiger partial charge is 0.238 e. The van der Waals surface area contributed by atoms with Gasteiger partial charge in [-0.1, -0.05) is 55.5 Å². The van der Waals surface area contributed by atoms with Gasteiger partial charge < -0.3 is 10.6 Å². The second-order valence-electron chi connectivity index (χ2n) is 6.33. The van der Waals surface area contributed by atoms with Crippen LogP contribution in [0.4, 0.5) is 11.4 Å². The van der Waals surface area contributed by atoms with E-state index in [1.54, 1.807) is 6.92 Å². The number of carbonyl (C=O) groups excluding carboxylic acids is 2. The lowest BCUT2D eigenvalue weighted by molar-refractivity contribution is -0.123. The number of hydrogen-bond acceptors (Lipinski definition) is 3. The van der Waals surface area contributed by atoms with E-state index in [9.17, 15) is 9.59 Å². The third kappa shape index (κ3) is 3.06. The summed E-state index contributed by atoms with van der Waals surface area (Å²) in [6.07, 6.45) is 0. The van der Waals surface area contributed by atoms with Gasteiger partial charge >= 0.3 is 0 Å². The zero-order chi connectivity index (χ0) is 18.1. The highest BCUT2D eigenvalue weighted by Gasteiger charge is 2.35. The average Bonchev–Trinajstić information content (AvgIpc) is 2.67. The van der Waals surface area contributed by atoms with Gasteiger partial charge in [0, 0.05) is 16.0 Å². The summed E-state index contributed by atoms with van der Waals surface area (Å²) in [7, 11) is 0. The van der Waals surface area contributed by atoms with Gasteiger partial charge in [0.1, 0.15) is 0 Å². The van der Waals surface area contributed by atoms with E-state index >= 15 is 0 Å². The Balaban J connectivity index is 1.56. The molecule has 0 fully saturated rings. The minimum absolute atomic E-state index is 0.130. The van der Waals surface area contributed by atoms with Crippen LogP contribution in [0, 0.1) is 5.92 Å². The van der Waals surface area contributed by atoms with Crippen molar-refractivity contribution in [2.45, 2.75) is 17.1 Å². The molecule has 2 atom stereocenters. The first-order chi connectivity index (χ1) is 12.6. The lowest BCUT2D eigenvalue weighted by Crippen LogP contribution is -2.39. The molecule has 2 N–H and O–H groups in total. The highest BCUT2D eigenvalue weighted by Crippen LogP contribution is 2.38. The fraction of sp³-hybridized carbons (Fsp3) is 0.143. The van der Waals surface area contributed by atoms with Crippen LogP contribution in [0.5, 0.6) is 0 Å². The molecule has 0 aromatic heterocycles. The molecule has 4 nitrogen and oxygen atoms in total. The monoisotopic (exact) mass is 362 g/mol. The van der Waals surface area contributed by atoms with Crippen LogP contribution in [0.2, 0.25) is 0 Å². The molecule has 2 unspecified atom stereocenters. The van der Waals surface area contributed by atoms with Crippen molar-refractivity contribution >= 4 is 45.7 Å². The Hall–Kier alpha value is -2.79. The number of thioether (sulfide) groups is 1. The van der Waals surface area contributed by atoms with Crippen molar-refractivity contribution in [3.8, 4) is 0 Å². The summed E-state index contributed by atoms with van der Waals surface area (Å²) >= 11 is 1.44. The van der Waals surface area contributed by atoms with Gasteiger partial charge in [0.25, 0.3) is 0 Å². The van der Waals surface area contributed by atoms with Crippen LogP contribution in [-0.4, -0.2) is 17.1 Å². The van der Waals surface area contributed by atoms with E-state index in [0.717, 1.165) is 27.0 Å². The van der Waals surface area contributed by atoms with Gasteiger partial charge in [0.05, 0.1) is 16.9 Å². The van der Waals surface area contributed by atoms with Crippen LogP contribution in [0.3, 0.4) is 0 Å². The molecule has 0 saturated heterocycles. The molecule has 3 aromatic rings. The standard InChI is InChI=1S/C21H18N2O2S/c1-13(19-21(25)23-17-10-4-5-12-18(17)26-19)20(24)22-16-11-6-8-14-7-2-3-9-15(14)16/h2-13,19H,1H3,(H,22,24)(H,23,25). The Kier molecular flexibility index (Phi) is 4.39. The largest absolute Gasteiger partial charge is 0.325 e. The van der Waals surface area contributed by atoms with Crippen LogP contribution in [0.15, 0.2) is 71.6 Å². The summed E-state index contributed by atoms with van der Waals surface area (Å²) in [6, 6.07) is 21.4. The van der Waals surface area contributed by atoms with Crippen molar-refractivity contribution in [1.82, 2.24) is 0 Å². The number of para-hydroxylation sites is 1. The second-order valence-corrected chi connectivity index (χ2v) is 7.51. The van der Waals surface area contributed by atoms with Crippen molar-refractivity contribution in [3.63, 3.8) is 0 Å². The maximum Gasteiger partial charge on any atom is 0.238 e. The summed E-state index contributed by atoms with van der Waals surface area (Å²) in [5, 5.41) is 7.49. The van der Waals surface area contributed by atoms with E-state index in [0.29, 0.717) is 0 Å². The van der Waals surface area contributed by atoms with Gasteiger partial charge in [-0.05, 0) is 23.6 Å². The molecule has 1 aliphatic heterocycles. The third-order valence-corrected chi connectivity index (χ3v) is 6.06. The Morgan fingerprint density at radius 2 is 1.77 bits per heavy atom. The summed E-state index contributed by atoms with van der Waals surface area (Å²) in [5.41, 5.74) is 1.57. The first-order valence-electron chi connectivity index (χ1n) is 8.48. The number of rotatable bonds is 3. The molecule has 1 aliphatic rings. The second kappa shape index (κ2) is 6.84. The molecule has 3 aromatic carbocycles. The molecule has 26 heavy (non-hydrogen) atoms. The molecule has 0 radical (unpaired) electrons. The van der Waals surface area contributed by atoms with E-state index in [-0.39, 0.29) is 11.8 Å². The molecule has 2 amide bonds. The Morgan fingerprint density at radius 3 is 2.65 bits per heavy atom. The topological polar surface area (TPSA) is 58.2 Å². The van der Waals surface area contributed by atoms with Gasteiger partial charge in [-0.15, -0.1) is 11.8 Å². The Morgan fingerprint density at radius 1 is 1.04 bits per heavy atom. The summed E-state index contributed by atoms with van der Waals surface area (Å²) in [4.78, 5) is 26.3. The molecule has 0 saturated carbocycles. The summed E-state index contributed by atoms with van der Waals surface area (Å²) in [5.74, 6) is -0.755. The zero-order valence-electron chi connectivity index (χ0n) is 14.2. The van der Waals surface area contributed by atoms with E-state index in [1.165, 1.54) is 11.8 Å². The molecule has 0 bridgehead atoms. The van der Waals surface area contributed by atoms with Crippen LogP contribution >= 0.6 is 11.8 Å². The summed E-state index contributed by atoms with van der Waals surface area (Å²) in [6.45, 7) is 1.80. The van der Waals surface area contributed by atoms with E-state index in [2.05, 4.69) is 10.6 Å². The predicted octanol–water partition coefficient (Wildman–Crippen LogP) is 4.53. The van der Waals surface area contributed by atoms with Crippen LogP contribution in [0.25, 0.3) is 10.8 Å². The fourth-order valence-corrected chi connectivity index (χ4v) is 4.28. The maximum atomic E-state index is 12.8. The maximum absolute atomic E-state index is 12.8. The van der Waals surface area contributed by atoms with E-state index in [4.69, 9.17) is 0 Å². The molecule has 130 valence electrons. The number of amides is 2. The Labute approximate surface area is 156 Å². The minimum atomic E-state index is -0.465. The first kappa shape index (κ1) is 16.7. The van der Waals surface area contributed by atoms with Crippen LogP contribution < -0.4 is 10.6 Å². The highest BCUT2D eigenvalue weighted by atomic mass is 32.2. The number of hydrogen-bond donors (Lipinski definition) is 2. The van der Waals surface area contributed by atoms with Gasteiger partial charge in [0.15, 0.2) is 0 Å². The summed E-state index contributed by atoms with van der Waals surface area (Å²) < 4.78 is 0. The number of anilines is 2. The zero-order valence-corrected chi connectivity index (χ0v) is 15.0. The SMILES string of the molecule is CC(C(=O)Nc1cccc2ccccc12)C1Sc2ccccc2NC1=O.